The van der Waals surface area contributed by atoms with E-state index in [4.69, 9.17) is 5.73 Å². The van der Waals surface area contributed by atoms with Gasteiger partial charge in [-0.25, -0.2) is 0 Å². The van der Waals surface area contributed by atoms with Gasteiger partial charge >= 0.3 is 0 Å². The molecular formula is C17H21ClN2O. The SMILES string of the molecule is Cl.NC1CCC(NC(=O)c2ccc3ccccc3c2)CC1. The van der Waals surface area contributed by atoms with Crippen molar-refractivity contribution in [1.82, 2.24) is 5.32 Å². The number of nitrogens with one attached hydrogen (secondary N) is 1. The second-order valence-electron chi connectivity index (χ2n) is 5.65. The van der Waals surface area contributed by atoms with E-state index in [9.17, 15) is 4.79 Å². The first kappa shape index (κ1) is 15.8. The molecule has 1 aliphatic rings. The molecular weight excluding hydrogens is 284 g/mol. The molecule has 0 aliphatic heterocycles. The summed E-state index contributed by atoms with van der Waals surface area (Å²) >= 11 is 0. The number of fused-ring (bicyclic) bond motifs is 1. The van der Waals surface area contributed by atoms with E-state index < -0.39 is 0 Å². The fraction of sp³-hybridized carbons (Fsp3) is 0.353. The van der Waals surface area contributed by atoms with Gasteiger partial charge in [0, 0.05) is 17.6 Å². The molecule has 3 nitrogen and oxygen atoms in total. The first-order valence-electron chi connectivity index (χ1n) is 7.27. The number of carbonyl (C=O) groups is 1. The molecule has 1 amide bonds. The number of carbonyl (C=O) groups excluding carboxylic acids is 1. The van der Waals surface area contributed by atoms with Crippen LogP contribution in [0.2, 0.25) is 0 Å². The summed E-state index contributed by atoms with van der Waals surface area (Å²) in [6.45, 7) is 0. The Morgan fingerprint density at radius 1 is 1.00 bits per heavy atom. The van der Waals surface area contributed by atoms with Crippen LogP contribution in [0.25, 0.3) is 10.8 Å². The Kier molecular flexibility index (Phi) is 5.21. The second kappa shape index (κ2) is 6.92. The third-order valence-electron chi connectivity index (χ3n) is 4.12. The largest absolute Gasteiger partial charge is 0.349 e. The lowest BCUT2D eigenvalue weighted by Gasteiger charge is -2.26. The molecule has 4 heteroatoms. The smallest absolute Gasteiger partial charge is 0.251 e. The molecule has 2 aromatic carbocycles. The van der Waals surface area contributed by atoms with Gasteiger partial charge in [-0.2, -0.15) is 0 Å². The van der Waals surface area contributed by atoms with Gasteiger partial charge in [0.05, 0.1) is 0 Å². The monoisotopic (exact) mass is 304 g/mol. The molecule has 1 saturated carbocycles. The number of hydrogen-bond donors (Lipinski definition) is 2. The predicted molar refractivity (Wildman–Crippen MR) is 88.9 cm³/mol. The maximum Gasteiger partial charge on any atom is 0.251 e. The Morgan fingerprint density at radius 2 is 1.67 bits per heavy atom. The standard InChI is InChI=1S/C17H20N2O.ClH/c18-15-7-9-16(10-8-15)19-17(20)14-6-5-12-3-1-2-4-13(12)11-14;/h1-6,11,15-16H,7-10,18H2,(H,19,20);1H. The van der Waals surface area contributed by atoms with Gasteiger partial charge in [-0.15, -0.1) is 12.4 Å². The molecule has 0 radical (unpaired) electrons. The van der Waals surface area contributed by atoms with Crippen molar-refractivity contribution in [1.29, 1.82) is 0 Å². The van der Waals surface area contributed by atoms with Crippen molar-refractivity contribution in [2.75, 3.05) is 0 Å². The van der Waals surface area contributed by atoms with Gasteiger partial charge in [-0.05, 0) is 48.6 Å². The van der Waals surface area contributed by atoms with E-state index in [2.05, 4.69) is 11.4 Å². The zero-order valence-corrected chi connectivity index (χ0v) is 12.7. The lowest BCUT2D eigenvalue weighted by atomic mass is 9.91. The van der Waals surface area contributed by atoms with Crippen molar-refractivity contribution in [3.8, 4) is 0 Å². The predicted octanol–water partition coefficient (Wildman–Crippen LogP) is 3.26. The normalized spacial score (nSPS) is 21.6. The van der Waals surface area contributed by atoms with Gasteiger partial charge < -0.3 is 11.1 Å². The molecule has 1 fully saturated rings. The maximum atomic E-state index is 12.3. The van der Waals surface area contributed by atoms with E-state index in [1.807, 2.05) is 36.4 Å². The Labute approximate surface area is 131 Å². The van der Waals surface area contributed by atoms with Crippen LogP contribution in [0.15, 0.2) is 42.5 Å². The molecule has 112 valence electrons. The lowest BCUT2D eigenvalue weighted by Crippen LogP contribution is -2.40. The van der Waals surface area contributed by atoms with Crippen LogP contribution >= 0.6 is 12.4 Å². The molecule has 3 rings (SSSR count). The van der Waals surface area contributed by atoms with Gasteiger partial charge in [-0.3, -0.25) is 4.79 Å². The van der Waals surface area contributed by atoms with E-state index in [1.54, 1.807) is 0 Å². The molecule has 0 unspecified atom stereocenters. The third kappa shape index (κ3) is 3.74. The van der Waals surface area contributed by atoms with Crippen molar-refractivity contribution in [3.63, 3.8) is 0 Å². The summed E-state index contributed by atoms with van der Waals surface area (Å²) < 4.78 is 0. The maximum absolute atomic E-state index is 12.3. The number of halogens is 1. The summed E-state index contributed by atoms with van der Waals surface area (Å²) in [6, 6.07) is 14.5. The van der Waals surface area contributed by atoms with E-state index in [0.29, 0.717) is 6.04 Å². The highest BCUT2D eigenvalue weighted by Gasteiger charge is 2.20. The molecule has 0 atom stereocenters. The summed E-state index contributed by atoms with van der Waals surface area (Å²) in [5, 5.41) is 5.39. The van der Waals surface area contributed by atoms with Gasteiger partial charge in [0.25, 0.3) is 5.91 Å². The van der Waals surface area contributed by atoms with Crippen molar-refractivity contribution < 1.29 is 4.79 Å². The highest BCUT2D eigenvalue weighted by Crippen LogP contribution is 2.19. The lowest BCUT2D eigenvalue weighted by molar-refractivity contribution is 0.0926. The van der Waals surface area contributed by atoms with Crippen LogP contribution in [0.5, 0.6) is 0 Å². The summed E-state index contributed by atoms with van der Waals surface area (Å²) in [5.41, 5.74) is 6.62. The number of amides is 1. The Bertz CT molecular complexity index is 621. The quantitative estimate of drug-likeness (QED) is 0.894. The van der Waals surface area contributed by atoms with E-state index in [1.165, 1.54) is 0 Å². The third-order valence-corrected chi connectivity index (χ3v) is 4.12. The molecule has 3 N–H and O–H groups in total. The summed E-state index contributed by atoms with van der Waals surface area (Å²) in [4.78, 5) is 12.3. The molecule has 21 heavy (non-hydrogen) atoms. The molecule has 1 aliphatic carbocycles. The van der Waals surface area contributed by atoms with Crippen molar-refractivity contribution in [2.45, 2.75) is 37.8 Å². The number of hydrogen-bond acceptors (Lipinski definition) is 2. The molecule has 0 spiro atoms. The fourth-order valence-electron chi connectivity index (χ4n) is 2.86. The zero-order valence-electron chi connectivity index (χ0n) is 11.9. The summed E-state index contributed by atoms with van der Waals surface area (Å²) in [6.07, 6.45) is 3.98. The minimum Gasteiger partial charge on any atom is -0.349 e. The van der Waals surface area contributed by atoms with E-state index in [0.717, 1.165) is 42.0 Å². The van der Waals surface area contributed by atoms with Gasteiger partial charge in [0.2, 0.25) is 0 Å². The molecule has 0 bridgehead atoms. The number of rotatable bonds is 2. The van der Waals surface area contributed by atoms with Crippen LogP contribution in [0.4, 0.5) is 0 Å². The number of benzene rings is 2. The average Bonchev–Trinajstić information content (AvgIpc) is 2.49. The number of nitrogens with two attached hydrogens (primary N) is 1. The van der Waals surface area contributed by atoms with Gasteiger partial charge in [-0.1, -0.05) is 30.3 Å². The highest BCUT2D eigenvalue weighted by atomic mass is 35.5. The Hall–Kier alpha value is -1.58. The van der Waals surface area contributed by atoms with Crippen LogP contribution in [0, 0.1) is 0 Å². The van der Waals surface area contributed by atoms with Crippen molar-refractivity contribution >= 4 is 29.1 Å². The topological polar surface area (TPSA) is 55.1 Å². The zero-order chi connectivity index (χ0) is 13.9. The highest BCUT2D eigenvalue weighted by molar-refractivity contribution is 5.98. The minimum absolute atomic E-state index is 0. The fourth-order valence-corrected chi connectivity index (χ4v) is 2.86. The van der Waals surface area contributed by atoms with Crippen molar-refractivity contribution in [3.05, 3.63) is 48.0 Å². The molecule has 0 aromatic heterocycles. The minimum atomic E-state index is 0. The summed E-state index contributed by atoms with van der Waals surface area (Å²) in [7, 11) is 0. The van der Waals surface area contributed by atoms with Crippen LogP contribution in [0.1, 0.15) is 36.0 Å². The van der Waals surface area contributed by atoms with Crippen LogP contribution < -0.4 is 11.1 Å². The Morgan fingerprint density at radius 3 is 2.38 bits per heavy atom. The average molecular weight is 305 g/mol. The first-order chi connectivity index (χ1) is 9.72. The van der Waals surface area contributed by atoms with Crippen LogP contribution in [-0.2, 0) is 0 Å². The van der Waals surface area contributed by atoms with Crippen LogP contribution in [0.3, 0.4) is 0 Å². The first-order valence-corrected chi connectivity index (χ1v) is 7.27. The molecule has 0 saturated heterocycles. The van der Waals surface area contributed by atoms with Gasteiger partial charge in [0.1, 0.15) is 0 Å². The van der Waals surface area contributed by atoms with Crippen molar-refractivity contribution in [2.24, 2.45) is 5.73 Å². The van der Waals surface area contributed by atoms with E-state index >= 15 is 0 Å². The van der Waals surface area contributed by atoms with Crippen LogP contribution in [-0.4, -0.2) is 18.0 Å². The van der Waals surface area contributed by atoms with Gasteiger partial charge in [0.15, 0.2) is 0 Å². The van der Waals surface area contributed by atoms with E-state index in [-0.39, 0.29) is 24.4 Å². The molecule has 0 heterocycles. The Balaban J connectivity index is 0.00000161. The summed E-state index contributed by atoms with van der Waals surface area (Å²) in [5.74, 6) is 0.0243. The second-order valence-corrected chi connectivity index (χ2v) is 5.65. The molecule has 2 aromatic rings.